The highest BCUT2D eigenvalue weighted by Crippen LogP contribution is 2.30. The Kier molecular flexibility index (Phi) is 2.57. The van der Waals surface area contributed by atoms with Crippen LogP contribution in [0.25, 0.3) is 0 Å². The molecular formula is C12H17NO. The van der Waals surface area contributed by atoms with Crippen molar-refractivity contribution in [2.75, 3.05) is 13.2 Å². The maximum atomic E-state index is 5.84. The van der Waals surface area contributed by atoms with E-state index < -0.39 is 0 Å². The Bertz CT molecular complexity index is 324. The third-order valence-electron chi connectivity index (χ3n) is 2.99. The highest BCUT2D eigenvalue weighted by Gasteiger charge is 2.29. The van der Waals surface area contributed by atoms with Gasteiger partial charge in [-0.2, -0.15) is 0 Å². The van der Waals surface area contributed by atoms with Crippen LogP contribution in [0, 0.1) is 0 Å². The van der Waals surface area contributed by atoms with Crippen LogP contribution in [0.2, 0.25) is 0 Å². The van der Waals surface area contributed by atoms with Gasteiger partial charge in [-0.3, -0.25) is 0 Å². The maximum Gasteiger partial charge on any atom is 0.103 e. The van der Waals surface area contributed by atoms with Gasteiger partial charge in [0.05, 0.1) is 0 Å². The molecule has 1 aliphatic heterocycles. The Balaban J connectivity index is 2.47. The monoisotopic (exact) mass is 191 g/mol. The van der Waals surface area contributed by atoms with Crippen molar-refractivity contribution in [2.45, 2.75) is 25.4 Å². The molecule has 1 atom stereocenters. The normalized spacial score (nSPS) is 26.7. The average molecular weight is 191 g/mol. The summed E-state index contributed by atoms with van der Waals surface area (Å²) in [6.45, 7) is 3.43. The van der Waals surface area contributed by atoms with Crippen LogP contribution in [0.4, 0.5) is 0 Å². The van der Waals surface area contributed by atoms with Crippen molar-refractivity contribution < 1.29 is 4.74 Å². The largest absolute Gasteiger partial charge is 0.369 e. The van der Waals surface area contributed by atoms with E-state index in [1.807, 2.05) is 0 Å². The molecule has 0 saturated heterocycles. The van der Waals surface area contributed by atoms with Crippen molar-refractivity contribution in [3.05, 3.63) is 35.4 Å². The third kappa shape index (κ3) is 1.56. The fourth-order valence-corrected chi connectivity index (χ4v) is 2.06. The molecule has 0 radical (unpaired) electrons. The molecule has 2 rings (SSSR count). The van der Waals surface area contributed by atoms with Crippen LogP contribution in [0.15, 0.2) is 24.3 Å². The molecule has 0 spiro atoms. The van der Waals surface area contributed by atoms with Gasteiger partial charge in [-0.05, 0) is 30.9 Å². The molecule has 0 amide bonds. The molecule has 0 saturated carbocycles. The summed E-state index contributed by atoms with van der Waals surface area (Å²) in [6.07, 6.45) is 2.19. The van der Waals surface area contributed by atoms with Crippen molar-refractivity contribution in [3.8, 4) is 0 Å². The predicted octanol–water partition coefficient (Wildman–Crippen LogP) is 1.82. The van der Waals surface area contributed by atoms with E-state index >= 15 is 0 Å². The highest BCUT2D eigenvalue weighted by atomic mass is 16.5. The molecule has 1 aliphatic rings. The van der Waals surface area contributed by atoms with Gasteiger partial charge in [-0.1, -0.05) is 24.3 Å². The van der Waals surface area contributed by atoms with Gasteiger partial charge in [0, 0.05) is 13.2 Å². The molecule has 14 heavy (non-hydrogen) atoms. The van der Waals surface area contributed by atoms with Crippen molar-refractivity contribution >= 4 is 0 Å². The van der Waals surface area contributed by atoms with Gasteiger partial charge in [0.1, 0.15) is 5.60 Å². The lowest BCUT2D eigenvalue weighted by atomic mass is 9.90. The van der Waals surface area contributed by atoms with Crippen molar-refractivity contribution in [1.29, 1.82) is 0 Å². The van der Waals surface area contributed by atoms with Crippen molar-refractivity contribution in [3.63, 3.8) is 0 Å². The molecule has 1 heterocycles. The van der Waals surface area contributed by atoms with Gasteiger partial charge < -0.3 is 10.5 Å². The molecule has 1 aromatic carbocycles. The molecule has 1 unspecified atom stereocenters. The molecule has 0 aliphatic carbocycles. The molecule has 0 bridgehead atoms. The van der Waals surface area contributed by atoms with Gasteiger partial charge >= 0.3 is 0 Å². The summed E-state index contributed by atoms with van der Waals surface area (Å²) in [6, 6.07) is 8.45. The Morgan fingerprint density at radius 3 is 3.00 bits per heavy atom. The van der Waals surface area contributed by atoms with E-state index in [9.17, 15) is 0 Å². The standard InChI is InChI=1S/C12H17NO/c1-12(9-13)11-7-3-2-5-10(11)6-4-8-14-12/h2-3,5,7H,4,6,8-9,13H2,1H3. The average Bonchev–Trinajstić information content (AvgIpc) is 2.40. The Labute approximate surface area is 85.1 Å². The minimum absolute atomic E-state index is 0.285. The lowest BCUT2D eigenvalue weighted by Crippen LogP contribution is -2.34. The topological polar surface area (TPSA) is 35.2 Å². The zero-order chi connectivity index (χ0) is 10.0. The smallest absolute Gasteiger partial charge is 0.103 e. The zero-order valence-electron chi connectivity index (χ0n) is 8.62. The second-order valence-corrected chi connectivity index (χ2v) is 4.04. The number of hydrogen-bond acceptors (Lipinski definition) is 2. The number of hydrogen-bond donors (Lipinski definition) is 1. The summed E-state index contributed by atoms with van der Waals surface area (Å²) in [5.41, 5.74) is 8.16. The molecule has 2 nitrogen and oxygen atoms in total. The van der Waals surface area contributed by atoms with Crippen LogP contribution >= 0.6 is 0 Å². The quantitative estimate of drug-likeness (QED) is 0.735. The van der Waals surface area contributed by atoms with E-state index in [0.29, 0.717) is 6.54 Å². The number of ether oxygens (including phenoxy) is 1. The van der Waals surface area contributed by atoms with E-state index in [1.165, 1.54) is 11.1 Å². The first-order valence-electron chi connectivity index (χ1n) is 5.19. The number of fused-ring (bicyclic) bond motifs is 1. The molecule has 0 aromatic heterocycles. The second-order valence-electron chi connectivity index (χ2n) is 4.04. The summed E-state index contributed by atoms with van der Waals surface area (Å²) in [7, 11) is 0. The van der Waals surface area contributed by atoms with E-state index in [0.717, 1.165) is 19.4 Å². The van der Waals surface area contributed by atoms with Crippen LogP contribution in [-0.2, 0) is 16.8 Å². The Hall–Kier alpha value is -0.860. The van der Waals surface area contributed by atoms with E-state index in [2.05, 4.69) is 31.2 Å². The summed E-state index contributed by atoms with van der Waals surface area (Å²) in [5, 5.41) is 0. The molecule has 0 fully saturated rings. The van der Waals surface area contributed by atoms with Gasteiger partial charge in [0.15, 0.2) is 0 Å². The van der Waals surface area contributed by atoms with Crippen molar-refractivity contribution in [1.82, 2.24) is 0 Å². The van der Waals surface area contributed by atoms with Crippen LogP contribution in [0.5, 0.6) is 0 Å². The lowest BCUT2D eigenvalue weighted by Gasteiger charge is -2.28. The molecule has 76 valence electrons. The molecule has 1 aromatic rings. The van der Waals surface area contributed by atoms with Crippen LogP contribution in [0.1, 0.15) is 24.5 Å². The molecule has 2 N–H and O–H groups in total. The Morgan fingerprint density at radius 1 is 1.43 bits per heavy atom. The van der Waals surface area contributed by atoms with Crippen molar-refractivity contribution in [2.24, 2.45) is 5.73 Å². The summed E-state index contributed by atoms with van der Waals surface area (Å²) in [5.74, 6) is 0. The zero-order valence-corrected chi connectivity index (χ0v) is 8.62. The fraction of sp³-hybridized carbons (Fsp3) is 0.500. The second kappa shape index (κ2) is 3.71. The number of benzene rings is 1. The maximum absolute atomic E-state index is 5.84. The summed E-state index contributed by atoms with van der Waals surface area (Å²) < 4.78 is 5.84. The number of nitrogens with two attached hydrogens (primary N) is 1. The minimum Gasteiger partial charge on any atom is -0.369 e. The first kappa shape index (κ1) is 9.69. The molecule has 2 heteroatoms. The third-order valence-corrected chi connectivity index (χ3v) is 2.99. The minimum atomic E-state index is -0.285. The lowest BCUT2D eigenvalue weighted by molar-refractivity contribution is -0.0255. The van der Waals surface area contributed by atoms with E-state index in [4.69, 9.17) is 10.5 Å². The van der Waals surface area contributed by atoms with Gasteiger partial charge in [-0.15, -0.1) is 0 Å². The fourth-order valence-electron chi connectivity index (χ4n) is 2.06. The predicted molar refractivity (Wildman–Crippen MR) is 57.1 cm³/mol. The summed E-state index contributed by atoms with van der Waals surface area (Å²) in [4.78, 5) is 0. The van der Waals surface area contributed by atoms with E-state index in [-0.39, 0.29) is 5.60 Å². The summed E-state index contributed by atoms with van der Waals surface area (Å²) >= 11 is 0. The number of rotatable bonds is 1. The van der Waals surface area contributed by atoms with Crippen LogP contribution in [0.3, 0.4) is 0 Å². The Morgan fingerprint density at radius 2 is 2.21 bits per heavy atom. The van der Waals surface area contributed by atoms with Crippen LogP contribution in [-0.4, -0.2) is 13.2 Å². The van der Waals surface area contributed by atoms with Crippen LogP contribution < -0.4 is 5.73 Å². The van der Waals surface area contributed by atoms with Gasteiger partial charge in [-0.25, -0.2) is 0 Å². The SMILES string of the molecule is CC1(CN)OCCCc2ccccc21. The van der Waals surface area contributed by atoms with E-state index in [1.54, 1.807) is 0 Å². The number of aryl methyl sites for hydroxylation is 1. The van der Waals surface area contributed by atoms with Gasteiger partial charge in [0.2, 0.25) is 0 Å². The first-order valence-corrected chi connectivity index (χ1v) is 5.19. The highest BCUT2D eigenvalue weighted by molar-refractivity contribution is 5.33. The molecular weight excluding hydrogens is 174 g/mol. The first-order chi connectivity index (χ1) is 6.76. The van der Waals surface area contributed by atoms with Gasteiger partial charge in [0.25, 0.3) is 0 Å².